The topological polar surface area (TPSA) is 48.5 Å². The molecule has 5 nitrogen and oxygen atoms in total. The molecule has 0 saturated heterocycles. The van der Waals surface area contributed by atoms with Gasteiger partial charge in [-0.25, -0.2) is 15.0 Å². The molecule has 9 aromatic carbocycles. The third kappa shape index (κ3) is 5.98. The molecule has 290 valence electrons. The van der Waals surface area contributed by atoms with E-state index in [9.17, 15) is 0 Å². The molecule has 0 radical (unpaired) electrons. The Labute approximate surface area is 358 Å². The van der Waals surface area contributed by atoms with Crippen LogP contribution in [0.25, 0.3) is 111 Å². The van der Waals surface area contributed by atoms with E-state index in [0.29, 0.717) is 17.5 Å². The molecule has 3 aromatic heterocycles. The van der Waals surface area contributed by atoms with Gasteiger partial charge in [-0.05, 0) is 64.7 Å². The Morgan fingerprint density at radius 2 is 0.661 bits per heavy atom. The molecule has 12 aromatic rings. The van der Waals surface area contributed by atoms with E-state index in [1.165, 1.54) is 38.1 Å². The van der Waals surface area contributed by atoms with E-state index in [4.69, 9.17) is 15.0 Å². The van der Waals surface area contributed by atoms with E-state index in [1.54, 1.807) is 0 Å². The fourth-order valence-electron chi connectivity index (χ4n) is 9.09. The second-order valence-corrected chi connectivity index (χ2v) is 15.6. The first-order valence-electron chi connectivity index (χ1n) is 20.9. The van der Waals surface area contributed by atoms with Crippen LogP contribution in [-0.4, -0.2) is 24.1 Å². The summed E-state index contributed by atoms with van der Waals surface area (Å²) in [5, 5.41) is 4.83. The first kappa shape index (κ1) is 35.5. The summed E-state index contributed by atoms with van der Waals surface area (Å²) in [5.41, 5.74) is 13.9. The molecule has 0 saturated carbocycles. The molecule has 5 heteroatoms. The van der Waals surface area contributed by atoms with Crippen LogP contribution in [0.15, 0.2) is 224 Å². The third-order valence-electron chi connectivity index (χ3n) is 12.0. The Morgan fingerprint density at radius 3 is 1.26 bits per heavy atom. The predicted molar refractivity (Wildman–Crippen MR) is 256 cm³/mol. The second kappa shape index (κ2) is 14.7. The normalized spacial score (nSPS) is 11.5. The summed E-state index contributed by atoms with van der Waals surface area (Å²) < 4.78 is 4.82. The largest absolute Gasteiger partial charge is 0.309 e. The molecule has 0 spiro atoms. The van der Waals surface area contributed by atoms with Crippen molar-refractivity contribution in [2.24, 2.45) is 0 Å². The van der Waals surface area contributed by atoms with Crippen molar-refractivity contribution in [1.82, 2.24) is 24.1 Å². The lowest BCUT2D eigenvalue weighted by atomic mass is 9.98. The van der Waals surface area contributed by atoms with Gasteiger partial charge in [-0.1, -0.05) is 182 Å². The highest BCUT2D eigenvalue weighted by atomic mass is 15.0. The molecular weight excluding hydrogens is 755 g/mol. The van der Waals surface area contributed by atoms with Gasteiger partial charge < -0.3 is 9.13 Å². The number of hydrogen-bond donors (Lipinski definition) is 0. The fourth-order valence-corrected chi connectivity index (χ4v) is 9.09. The zero-order chi connectivity index (χ0) is 41.0. The van der Waals surface area contributed by atoms with Crippen molar-refractivity contribution in [1.29, 1.82) is 0 Å². The first-order valence-corrected chi connectivity index (χ1v) is 20.9. The molecule has 0 aliphatic heterocycles. The Bertz CT molecular complexity index is 3500. The van der Waals surface area contributed by atoms with Gasteiger partial charge >= 0.3 is 0 Å². The maximum absolute atomic E-state index is 5.26. The van der Waals surface area contributed by atoms with E-state index >= 15 is 0 Å². The van der Waals surface area contributed by atoms with Crippen molar-refractivity contribution in [2.75, 3.05) is 0 Å². The first-order chi connectivity index (χ1) is 30.7. The molecule has 0 unspecified atom stereocenters. The average Bonchev–Trinajstić information content (AvgIpc) is 3.87. The zero-order valence-electron chi connectivity index (χ0n) is 33.6. The van der Waals surface area contributed by atoms with Gasteiger partial charge in [0.25, 0.3) is 0 Å². The van der Waals surface area contributed by atoms with Crippen LogP contribution < -0.4 is 0 Å². The summed E-state index contributed by atoms with van der Waals surface area (Å²) >= 11 is 0. The van der Waals surface area contributed by atoms with E-state index < -0.39 is 0 Å². The van der Waals surface area contributed by atoms with Crippen molar-refractivity contribution in [3.05, 3.63) is 224 Å². The molecule has 62 heavy (non-hydrogen) atoms. The summed E-state index contributed by atoms with van der Waals surface area (Å²) in [5.74, 6) is 1.85. The quantitative estimate of drug-likeness (QED) is 0.162. The van der Waals surface area contributed by atoms with Gasteiger partial charge in [-0.2, -0.15) is 0 Å². The molecule has 0 N–H and O–H groups in total. The zero-order valence-corrected chi connectivity index (χ0v) is 33.6. The molecule has 0 aliphatic carbocycles. The number of benzene rings is 9. The lowest BCUT2D eigenvalue weighted by Crippen LogP contribution is -2.02. The molecule has 0 bridgehead atoms. The Morgan fingerprint density at radius 1 is 0.242 bits per heavy atom. The van der Waals surface area contributed by atoms with Crippen LogP contribution in [0.2, 0.25) is 0 Å². The van der Waals surface area contributed by atoms with Gasteiger partial charge in [0.2, 0.25) is 0 Å². The van der Waals surface area contributed by atoms with Gasteiger partial charge in [0.15, 0.2) is 17.5 Å². The number of fused-ring (bicyclic) bond motifs is 6. The minimum absolute atomic E-state index is 0.607. The molecule has 0 atom stereocenters. The number of aromatic nitrogens is 5. The highest BCUT2D eigenvalue weighted by Crippen LogP contribution is 2.41. The number of nitrogens with zero attached hydrogens (tertiary/aromatic N) is 5. The van der Waals surface area contributed by atoms with Gasteiger partial charge in [-0.15, -0.1) is 0 Å². The van der Waals surface area contributed by atoms with Crippen molar-refractivity contribution in [3.63, 3.8) is 0 Å². The Balaban J connectivity index is 1.15. The fraction of sp³-hybridized carbons (Fsp3) is 0. The number of rotatable bonds is 7. The van der Waals surface area contributed by atoms with Gasteiger partial charge in [0, 0.05) is 49.6 Å². The van der Waals surface area contributed by atoms with Gasteiger partial charge in [0.1, 0.15) is 0 Å². The second-order valence-electron chi connectivity index (χ2n) is 15.6. The van der Waals surface area contributed by atoms with Crippen LogP contribution in [0.5, 0.6) is 0 Å². The van der Waals surface area contributed by atoms with Gasteiger partial charge in [0.05, 0.1) is 22.1 Å². The number of hydrogen-bond acceptors (Lipinski definition) is 3. The minimum Gasteiger partial charge on any atom is -0.309 e. The van der Waals surface area contributed by atoms with E-state index in [0.717, 1.165) is 55.8 Å². The highest BCUT2D eigenvalue weighted by Gasteiger charge is 2.21. The van der Waals surface area contributed by atoms with Crippen LogP contribution in [0, 0.1) is 0 Å². The SMILES string of the molecule is c1ccc(-c2ccc3c4ccc(-n5c6ccccc6c6ccccc65)cc4n(-c4ccc(-c5ccccc5)c(-c5nc(-c6ccccc6)nc(-c6ccccc6)n5)c4)c3c2)cc1. The lowest BCUT2D eigenvalue weighted by molar-refractivity contribution is 1.07. The van der Waals surface area contributed by atoms with Gasteiger partial charge in [-0.3, -0.25) is 0 Å². The molecule has 0 aliphatic rings. The smallest absolute Gasteiger partial charge is 0.164 e. The Kier molecular flexibility index (Phi) is 8.42. The van der Waals surface area contributed by atoms with Crippen LogP contribution in [-0.2, 0) is 0 Å². The molecule has 3 heterocycles. The van der Waals surface area contributed by atoms with Crippen LogP contribution in [0.4, 0.5) is 0 Å². The minimum atomic E-state index is 0.607. The summed E-state index contributed by atoms with van der Waals surface area (Å²) in [7, 11) is 0. The van der Waals surface area contributed by atoms with Crippen molar-refractivity contribution in [2.45, 2.75) is 0 Å². The highest BCUT2D eigenvalue weighted by molar-refractivity contribution is 6.12. The van der Waals surface area contributed by atoms with E-state index in [1.807, 2.05) is 36.4 Å². The molecule has 12 rings (SSSR count). The third-order valence-corrected chi connectivity index (χ3v) is 12.0. The van der Waals surface area contributed by atoms with Crippen molar-refractivity contribution >= 4 is 43.6 Å². The van der Waals surface area contributed by atoms with Crippen LogP contribution in [0.1, 0.15) is 0 Å². The van der Waals surface area contributed by atoms with Crippen molar-refractivity contribution in [3.8, 4) is 67.8 Å². The molecule has 0 fully saturated rings. The summed E-state index contributed by atoms with van der Waals surface area (Å²) in [6.45, 7) is 0. The maximum atomic E-state index is 5.26. The van der Waals surface area contributed by atoms with Crippen LogP contribution in [0.3, 0.4) is 0 Å². The standard InChI is InChI=1S/C57H37N5/c1-5-17-38(18-6-1)42-29-32-48-49-34-31-44(61-51-27-15-13-25-46(51)47-26-14-16-28-52(47)61)37-54(49)62(53(48)35-42)43-30-33-45(39-19-7-2-8-20-39)50(36-43)57-59-55(40-21-9-3-10-22-40)58-56(60-57)41-23-11-4-12-24-41/h1-37H. The summed E-state index contributed by atoms with van der Waals surface area (Å²) in [6, 6.07) is 79.4. The predicted octanol–water partition coefficient (Wildman–Crippen LogP) is 14.4. The van der Waals surface area contributed by atoms with Crippen molar-refractivity contribution < 1.29 is 0 Å². The Hall–Kier alpha value is -8.41. The monoisotopic (exact) mass is 791 g/mol. The lowest BCUT2D eigenvalue weighted by Gasteiger charge is -2.16. The van der Waals surface area contributed by atoms with E-state index in [-0.39, 0.29) is 0 Å². The summed E-state index contributed by atoms with van der Waals surface area (Å²) in [6.07, 6.45) is 0. The van der Waals surface area contributed by atoms with E-state index in [2.05, 4.69) is 197 Å². The summed E-state index contributed by atoms with van der Waals surface area (Å²) in [4.78, 5) is 15.6. The molecular formula is C57H37N5. The molecule has 0 amide bonds. The average molecular weight is 792 g/mol. The maximum Gasteiger partial charge on any atom is 0.164 e. The van der Waals surface area contributed by atoms with Crippen LogP contribution >= 0.6 is 0 Å². The number of para-hydroxylation sites is 2.